The topological polar surface area (TPSA) is 49.3 Å². The number of nitrogens with one attached hydrogen (secondary N) is 1. The number of anilines is 1. The van der Waals surface area contributed by atoms with Crippen molar-refractivity contribution in [1.82, 2.24) is 0 Å². The third kappa shape index (κ3) is 2.86. The lowest BCUT2D eigenvalue weighted by atomic mass is 9.98. The van der Waals surface area contributed by atoms with Gasteiger partial charge in [0.15, 0.2) is 0 Å². The van der Waals surface area contributed by atoms with Gasteiger partial charge in [-0.15, -0.1) is 0 Å². The molecule has 1 heterocycles. The number of hydrogen-bond acceptors (Lipinski definition) is 2. The van der Waals surface area contributed by atoms with Gasteiger partial charge in [-0.3, -0.25) is 4.79 Å². The predicted octanol–water partition coefficient (Wildman–Crippen LogP) is 2.65. The fourth-order valence-corrected chi connectivity index (χ4v) is 2.11. The second-order valence-electron chi connectivity index (χ2n) is 5.13. The maximum Gasteiger partial charge on any atom is 0.228 e. The van der Waals surface area contributed by atoms with Gasteiger partial charge in [0.1, 0.15) is 0 Å². The van der Waals surface area contributed by atoms with Crippen LogP contribution in [0.25, 0.3) is 0 Å². The quantitative estimate of drug-likeness (QED) is 0.840. The van der Waals surface area contributed by atoms with Crippen LogP contribution < -0.4 is 5.32 Å². The van der Waals surface area contributed by atoms with E-state index >= 15 is 0 Å². The Morgan fingerprint density at radius 2 is 2.12 bits per heavy atom. The van der Waals surface area contributed by atoms with E-state index in [2.05, 4.69) is 19.2 Å². The molecular weight excluding hydrogens is 214 g/mol. The first-order valence-corrected chi connectivity index (χ1v) is 6.17. The van der Waals surface area contributed by atoms with E-state index in [1.54, 1.807) is 0 Å². The number of fused-ring (bicyclic) bond motifs is 1. The van der Waals surface area contributed by atoms with E-state index in [1.165, 1.54) is 0 Å². The normalized spacial score (nSPS) is 15.9. The summed E-state index contributed by atoms with van der Waals surface area (Å²) in [6.45, 7) is 4.30. The minimum Gasteiger partial charge on any atom is -0.388 e. The monoisotopic (exact) mass is 233 g/mol. The van der Waals surface area contributed by atoms with Gasteiger partial charge in [-0.25, -0.2) is 0 Å². The Balaban J connectivity index is 2.07. The molecule has 1 unspecified atom stereocenters. The van der Waals surface area contributed by atoms with E-state index in [-0.39, 0.29) is 5.91 Å². The molecular formula is C14H19NO2. The first-order valence-electron chi connectivity index (χ1n) is 6.17. The minimum absolute atomic E-state index is 0.0359. The molecule has 2 N–H and O–H groups in total. The molecule has 1 atom stereocenters. The van der Waals surface area contributed by atoms with Crippen molar-refractivity contribution in [3.63, 3.8) is 0 Å². The van der Waals surface area contributed by atoms with Crippen molar-refractivity contribution in [1.29, 1.82) is 0 Å². The number of aliphatic hydroxyl groups excluding tert-OH is 1. The van der Waals surface area contributed by atoms with E-state index < -0.39 is 6.10 Å². The lowest BCUT2D eigenvalue weighted by molar-refractivity contribution is -0.115. The Morgan fingerprint density at radius 1 is 1.35 bits per heavy atom. The predicted molar refractivity (Wildman–Crippen MR) is 67.8 cm³/mol. The van der Waals surface area contributed by atoms with E-state index in [0.29, 0.717) is 12.3 Å². The van der Waals surface area contributed by atoms with Crippen LogP contribution in [0, 0.1) is 5.92 Å². The van der Waals surface area contributed by atoms with Crippen molar-refractivity contribution in [3.8, 4) is 0 Å². The molecule has 0 saturated heterocycles. The van der Waals surface area contributed by atoms with Crippen molar-refractivity contribution in [2.24, 2.45) is 5.92 Å². The molecule has 3 heteroatoms. The molecule has 1 aliphatic rings. The summed E-state index contributed by atoms with van der Waals surface area (Å²) in [6.07, 6.45) is 1.80. The smallest absolute Gasteiger partial charge is 0.228 e. The van der Waals surface area contributed by atoms with Crippen LogP contribution in [0.2, 0.25) is 0 Å². The van der Waals surface area contributed by atoms with Gasteiger partial charge < -0.3 is 10.4 Å². The summed E-state index contributed by atoms with van der Waals surface area (Å²) in [6, 6.07) is 5.72. The van der Waals surface area contributed by atoms with E-state index in [0.717, 1.165) is 29.7 Å². The summed E-state index contributed by atoms with van der Waals surface area (Å²) in [7, 11) is 0. The first-order chi connectivity index (χ1) is 8.06. The molecule has 0 aliphatic carbocycles. The van der Waals surface area contributed by atoms with Crippen LogP contribution in [-0.2, 0) is 11.2 Å². The van der Waals surface area contributed by atoms with Gasteiger partial charge in [0, 0.05) is 5.69 Å². The average molecular weight is 233 g/mol. The lowest BCUT2D eigenvalue weighted by Crippen LogP contribution is -2.03. The highest BCUT2D eigenvalue weighted by molar-refractivity contribution is 5.99. The highest BCUT2D eigenvalue weighted by atomic mass is 16.3. The Kier molecular flexibility index (Phi) is 3.48. The Bertz CT molecular complexity index is 426. The standard InChI is InChI=1S/C14H19NO2/c1-9(2)3-6-13(16)10-4-5-12-11(7-10)8-14(17)15-12/h4-5,7,9,13,16H,3,6,8H2,1-2H3,(H,15,17). The summed E-state index contributed by atoms with van der Waals surface area (Å²) in [4.78, 5) is 11.2. The minimum atomic E-state index is -0.418. The number of carbonyl (C=O) groups excluding carboxylic acids is 1. The zero-order chi connectivity index (χ0) is 12.4. The number of carbonyl (C=O) groups is 1. The summed E-state index contributed by atoms with van der Waals surface area (Å²) in [5.41, 5.74) is 2.80. The van der Waals surface area contributed by atoms with Crippen molar-refractivity contribution in [2.45, 2.75) is 39.2 Å². The van der Waals surface area contributed by atoms with Crippen LogP contribution in [0.5, 0.6) is 0 Å². The maximum absolute atomic E-state index is 11.2. The fourth-order valence-electron chi connectivity index (χ4n) is 2.11. The third-order valence-corrected chi connectivity index (χ3v) is 3.16. The van der Waals surface area contributed by atoms with Gasteiger partial charge in [0.25, 0.3) is 0 Å². The number of benzene rings is 1. The molecule has 17 heavy (non-hydrogen) atoms. The van der Waals surface area contributed by atoms with Crippen molar-refractivity contribution >= 4 is 11.6 Å². The van der Waals surface area contributed by atoms with Crippen molar-refractivity contribution in [2.75, 3.05) is 5.32 Å². The number of rotatable bonds is 4. The van der Waals surface area contributed by atoms with Gasteiger partial charge in [0.05, 0.1) is 12.5 Å². The zero-order valence-corrected chi connectivity index (χ0v) is 10.4. The third-order valence-electron chi connectivity index (χ3n) is 3.16. The summed E-state index contributed by atoms with van der Waals surface area (Å²) < 4.78 is 0. The van der Waals surface area contributed by atoms with Gasteiger partial charge >= 0.3 is 0 Å². The zero-order valence-electron chi connectivity index (χ0n) is 10.4. The molecule has 1 aromatic rings. The fraction of sp³-hybridized carbons (Fsp3) is 0.500. The van der Waals surface area contributed by atoms with E-state index in [4.69, 9.17) is 0 Å². The number of amides is 1. The summed E-state index contributed by atoms with van der Waals surface area (Å²) >= 11 is 0. The largest absolute Gasteiger partial charge is 0.388 e. The van der Waals surface area contributed by atoms with Gasteiger partial charge in [-0.05, 0) is 36.0 Å². The summed E-state index contributed by atoms with van der Waals surface area (Å²) in [5.74, 6) is 0.635. The molecule has 2 rings (SSSR count). The van der Waals surface area contributed by atoms with Crippen LogP contribution in [0.15, 0.2) is 18.2 Å². The van der Waals surface area contributed by atoms with Crippen LogP contribution in [0.4, 0.5) is 5.69 Å². The van der Waals surface area contributed by atoms with Crippen LogP contribution in [0.1, 0.15) is 43.9 Å². The molecule has 1 amide bonds. The number of aliphatic hydroxyl groups is 1. The molecule has 0 bridgehead atoms. The van der Waals surface area contributed by atoms with E-state index in [9.17, 15) is 9.90 Å². The Morgan fingerprint density at radius 3 is 2.82 bits per heavy atom. The highest BCUT2D eigenvalue weighted by Gasteiger charge is 2.19. The molecule has 3 nitrogen and oxygen atoms in total. The van der Waals surface area contributed by atoms with Crippen molar-refractivity contribution < 1.29 is 9.90 Å². The highest BCUT2D eigenvalue weighted by Crippen LogP contribution is 2.28. The molecule has 1 aromatic carbocycles. The maximum atomic E-state index is 11.2. The van der Waals surface area contributed by atoms with Crippen LogP contribution >= 0.6 is 0 Å². The SMILES string of the molecule is CC(C)CCC(O)c1ccc2c(c1)CC(=O)N2. The lowest BCUT2D eigenvalue weighted by Gasteiger charge is -2.13. The second kappa shape index (κ2) is 4.88. The number of hydrogen-bond donors (Lipinski definition) is 2. The molecule has 0 radical (unpaired) electrons. The van der Waals surface area contributed by atoms with Gasteiger partial charge in [-0.1, -0.05) is 26.0 Å². The van der Waals surface area contributed by atoms with Gasteiger partial charge in [-0.2, -0.15) is 0 Å². The molecule has 0 fully saturated rings. The second-order valence-corrected chi connectivity index (χ2v) is 5.13. The van der Waals surface area contributed by atoms with Crippen LogP contribution in [-0.4, -0.2) is 11.0 Å². The first kappa shape index (κ1) is 12.1. The molecule has 92 valence electrons. The van der Waals surface area contributed by atoms with E-state index in [1.807, 2.05) is 18.2 Å². The van der Waals surface area contributed by atoms with Crippen LogP contribution in [0.3, 0.4) is 0 Å². The Hall–Kier alpha value is -1.35. The summed E-state index contributed by atoms with van der Waals surface area (Å²) in [5, 5.41) is 12.9. The molecule has 0 spiro atoms. The molecule has 0 saturated carbocycles. The Labute approximate surface area is 102 Å². The van der Waals surface area contributed by atoms with Crippen molar-refractivity contribution in [3.05, 3.63) is 29.3 Å². The molecule has 0 aromatic heterocycles. The molecule has 1 aliphatic heterocycles. The van der Waals surface area contributed by atoms with Gasteiger partial charge in [0.2, 0.25) is 5.91 Å². The average Bonchev–Trinajstić information content (AvgIpc) is 2.64.